The highest BCUT2D eigenvalue weighted by molar-refractivity contribution is 5.80. The van der Waals surface area contributed by atoms with Crippen LogP contribution in [0.3, 0.4) is 0 Å². The third-order valence-corrected chi connectivity index (χ3v) is 5.76. The summed E-state index contributed by atoms with van der Waals surface area (Å²) in [6.45, 7) is 2.15. The van der Waals surface area contributed by atoms with Crippen LogP contribution in [0.25, 0.3) is 33.5 Å². The average Bonchev–Trinajstić information content (AvgIpc) is 3.28. The summed E-state index contributed by atoms with van der Waals surface area (Å²) in [4.78, 5) is 7.84. The van der Waals surface area contributed by atoms with Crippen LogP contribution in [0.2, 0.25) is 0 Å². The lowest BCUT2D eigenvalue weighted by atomic mass is 10.0. The van der Waals surface area contributed by atoms with Gasteiger partial charge in [-0.25, -0.2) is 9.37 Å². The molecule has 0 radical (unpaired) electrons. The number of hydrogen-bond donors (Lipinski definition) is 3. The molecule has 33 heavy (non-hydrogen) atoms. The first-order valence-corrected chi connectivity index (χ1v) is 11.0. The number of H-pyrrole nitrogens is 1. The molecule has 0 spiro atoms. The molecular weight excluding hydrogens is 411 g/mol. The molecule has 0 aliphatic heterocycles. The van der Waals surface area contributed by atoms with Gasteiger partial charge < -0.3 is 16.0 Å². The zero-order valence-corrected chi connectivity index (χ0v) is 18.2. The van der Waals surface area contributed by atoms with Gasteiger partial charge in [0.15, 0.2) is 0 Å². The van der Waals surface area contributed by atoms with Crippen molar-refractivity contribution in [2.75, 3.05) is 0 Å². The minimum atomic E-state index is -0.274. The first-order valence-electron chi connectivity index (χ1n) is 11.0. The number of hydrogen-bond acceptors (Lipinski definition) is 3. The van der Waals surface area contributed by atoms with E-state index < -0.39 is 0 Å². The van der Waals surface area contributed by atoms with Crippen molar-refractivity contribution in [3.63, 3.8) is 0 Å². The summed E-state index contributed by atoms with van der Waals surface area (Å²) in [6.07, 6.45) is 0. The van der Waals surface area contributed by atoms with Crippen molar-refractivity contribution < 1.29 is 4.39 Å². The van der Waals surface area contributed by atoms with E-state index in [1.54, 1.807) is 6.07 Å². The number of fused-ring (bicyclic) bond motifs is 1. The Kier molecular flexibility index (Phi) is 5.98. The standard InChI is InChI=1S/C28H25FN4/c29-25-11-12-26-27(15-25)33-28(32-26)24-6-2-5-23(14-24)22-4-1-3-21(13-22)18-31-17-20-9-7-19(16-30)8-10-20/h1-15,31H,16-18,30H2,(H,32,33). The molecule has 0 aliphatic carbocycles. The Balaban J connectivity index is 1.31. The van der Waals surface area contributed by atoms with Gasteiger partial charge in [0, 0.05) is 25.2 Å². The van der Waals surface area contributed by atoms with E-state index in [1.807, 2.05) is 12.1 Å². The third kappa shape index (κ3) is 4.85. The number of aromatic amines is 1. The Labute approximate surface area is 192 Å². The number of nitrogens with one attached hydrogen (secondary N) is 2. The molecule has 5 rings (SSSR count). The van der Waals surface area contributed by atoms with Gasteiger partial charge in [0.05, 0.1) is 11.0 Å². The SMILES string of the molecule is NCc1ccc(CNCc2cccc(-c3cccc(-c4nc5ccc(F)cc5[nH]4)c3)c2)cc1. The van der Waals surface area contributed by atoms with Crippen LogP contribution in [0.15, 0.2) is 91.0 Å². The molecule has 0 amide bonds. The normalized spacial score (nSPS) is 11.2. The number of imidazole rings is 1. The van der Waals surface area contributed by atoms with Gasteiger partial charge in [0.25, 0.3) is 0 Å². The van der Waals surface area contributed by atoms with Crippen molar-refractivity contribution >= 4 is 11.0 Å². The molecular formula is C28H25FN4. The van der Waals surface area contributed by atoms with E-state index in [1.165, 1.54) is 23.3 Å². The summed E-state index contributed by atoms with van der Waals surface area (Å²) in [5.74, 6) is 0.459. The lowest BCUT2D eigenvalue weighted by Crippen LogP contribution is -2.12. The van der Waals surface area contributed by atoms with Crippen LogP contribution in [0.4, 0.5) is 4.39 Å². The molecule has 4 nitrogen and oxygen atoms in total. The van der Waals surface area contributed by atoms with Crippen molar-refractivity contribution in [1.29, 1.82) is 0 Å². The molecule has 0 atom stereocenters. The molecule has 4 N–H and O–H groups in total. The number of halogens is 1. The quantitative estimate of drug-likeness (QED) is 0.303. The second kappa shape index (κ2) is 9.36. The summed E-state index contributed by atoms with van der Waals surface area (Å²) < 4.78 is 13.5. The number of benzene rings is 4. The van der Waals surface area contributed by atoms with Crippen LogP contribution >= 0.6 is 0 Å². The summed E-state index contributed by atoms with van der Waals surface area (Å²) in [6, 6.07) is 29.7. The van der Waals surface area contributed by atoms with Crippen molar-refractivity contribution in [3.05, 3.63) is 114 Å². The molecule has 0 unspecified atom stereocenters. The number of nitrogens with two attached hydrogens (primary N) is 1. The van der Waals surface area contributed by atoms with Crippen molar-refractivity contribution in [2.24, 2.45) is 5.73 Å². The van der Waals surface area contributed by atoms with E-state index in [4.69, 9.17) is 5.73 Å². The fraction of sp³-hybridized carbons (Fsp3) is 0.107. The molecule has 164 valence electrons. The predicted molar refractivity (Wildman–Crippen MR) is 132 cm³/mol. The Morgan fingerprint density at radius 2 is 1.42 bits per heavy atom. The molecule has 0 saturated heterocycles. The molecule has 5 heteroatoms. The highest BCUT2D eigenvalue weighted by Gasteiger charge is 2.08. The van der Waals surface area contributed by atoms with E-state index in [-0.39, 0.29) is 5.82 Å². The van der Waals surface area contributed by atoms with E-state index in [0.29, 0.717) is 12.1 Å². The topological polar surface area (TPSA) is 66.7 Å². The minimum absolute atomic E-state index is 0.274. The van der Waals surface area contributed by atoms with Gasteiger partial charge in [-0.05, 0) is 58.1 Å². The van der Waals surface area contributed by atoms with E-state index in [9.17, 15) is 4.39 Å². The predicted octanol–water partition coefficient (Wildman–Crippen LogP) is 5.78. The highest BCUT2D eigenvalue weighted by Crippen LogP contribution is 2.27. The maximum Gasteiger partial charge on any atom is 0.138 e. The third-order valence-electron chi connectivity index (χ3n) is 5.76. The van der Waals surface area contributed by atoms with Crippen LogP contribution in [0.5, 0.6) is 0 Å². The monoisotopic (exact) mass is 436 g/mol. The zero-order chi connectivity index (χ0) is 22.6. The van der Waals surface area contributed by atoms with Crippen LogP contribution in [0.1, 0.15) is 16.7 Å². The molecule has 1 heterocycles. The minimum Gasteiger partial charge on any atom is -0.338 e. The van der Waals surface area contributed by atoms with Gasteiger partial charge in [0.2, 0.25) is 0 Å². The first kappa shape index (κ1) is 21.1. The van der Waals surface area contributed by atoms with E-state index in [0.717, 1.165) is 46.7 Å². The van der Waals surface area contributed by atoms with Crippen LogP contribution in [-0.4, -0.2) is 9.97 Å². The molecule has 5 aromatic rings. The molecule has 4 aromatic carbocycles. The Bertz CT molecular complexity index is 1390. The summed E-state index contributed by atoms with van der Waals surface area (Å²) in [5.41, 5.74) is 13.9. The Morgan fingerprint density at radius 3 is 2.24 bits per heavy atom. The van der Waals surface area contributed by atoms with Gasteiger partial charge in [0.1, 0.15) is 11.6 Å². The van der Waals surface area contributed by atoms with Crippen LogP contribution < -0.4 is 11.1 Å². The smallest absolute Gasteiger partial charge is 0.138 e. The van der Waals surface area contributed by atoms with Crippen LogP contribution in [-0.2, 0) is 19.6 Å². The van der Waals surface area contributed by atoms with Crippen molar-refractivity contribution in [1.82, 2.24) is 15.3 Å². The van der Waals surface area contributed by atoms with Gasteiger partial charge in [-0.1, -0.05) is 60.7 Å². The number of nitrogens with zero attached hydrogens (tertiary/aromatic N) is 1. The molecule has 0 bridgehead atoms. The van der Waals surface area contributed by atoms with Gasteiger partial charge in [-0.3, -0.25) is 0 Å². The molecule has 0 fully saturated rings. The first-order chi connectivity index (χ1) is 16.2. The maximum absolute atomic E-state index is 13.5. The summed E-state index contributed by atoms with van der Waals surface area (Å²) >= 11 is 0. The second-order valence-corrected chi connectivity index (χ2v) is 8.15. The largest absolute Gasteiger partial charge is 0.338 e. The summed E-state index contributed by atoms with van der Waals surface area (Å²) in [7, 11) is 0. The fourth-order valence-electron chi connectivity index (χ4n) is 3.97. The summed E-state index contributed by atoms with van der Waals surface area (Å²) in [5, 5.41) is 3.51. The second-order valence-electron chi connectivity index (χ2n) is 8.15. The fourth-order valence-corrected chi connectivity index (χ4v) is 3.97. The maximum atomic E-state index is 13.5. The Hall–Kier alpha value is -3.80. The average molecular weight is 437 g/mol. The van der Waals surface area contributed by atoms with E-state index >= 15 is 0 Å². The Morgan fingerprint density at radius 1 is 0.727 bits per heavy atom. The molecule has 0 aliphatic rings. The van der Waals surface area contributed by atoms with Crippen LogP contribution in [0, 0.1) is 5.82 Å². The lowest BCUT2D eigenvalue weighted by Gasteiger charge is -2.09. The number of rotatable bonds is 7. The van der Waals surface area contributed by atoms with Gasteiger partial charge in [-0.2, -0.15) is 0 Å². The highest BCUT2D eigenvalue weighted by atomic mass is 19.1. The van der Waals surface area contributed by atoms with Gasteiger partial charge in [-0.15, -0.1) is 0 Å². The van der Waals surface area contributed by atoms with Crippen molar-refractivity contribution in [2.45, 2.75) is 19.6 Å². The van der Waals surface area contributed by atoms with Gasteiger partial charge >= 0.3 is 0 Å². The number of aromatic nitrogens is 2. The lowest BCUT2D eigenvalue weighted by molar-refractivity contribution is 0.629. The van der Waals surface area contributed by atoms with Crippen molar-refractivity contribution in [3.8, 4) is 22.5 Å². The molecule has 1 aromatic heterocycles. The zero-order valence-electron chi connectivity index (χ0n) is 18.2. The van der Waals surface area contributed by atoms with E-state index in [2.05, 4.69) is 75.9 Å². The molecule has 0 saturated carbocycles.